The van der Waals surface area contributed by atoms with Crippen LogP contribution in [0.1, 0.15) is 23.1 Å². The minimum Gasteiger partial charge on any atom is -0.354 e. The van der Waals surface area contributed by atoms with Crippen molar-refractivity contribution in [3.8, 4) is 0 Å². The second-order valence-electron chi connectivity index (χ2n) is 8.00. The number of anilines is 1. The third-order valence-corrected chi connectivity index (χ3v) is 8.35. The molecule has 0 aliphatic heterocycles. The van der Waals surface area contributed by atoms with Gasteiger partial charge < -0.3 is 5.32 Å². The fraction of sp³-hybridized carbons (Fsp3) is 0.269. The molecule has 1 N–H and O–H groups in total. The molecule has 0 aliphatic carbocycles. The zero-order valence-corrected chi connectivity index (χ0v) is 21.7. The lowest BCUT2D eigenvalue weighted by Gasteiger charge is -2.26. The van der Waals surface area contributed by atoms with Gasteiger partial charge in [0.05, 0.1) is 10.6 Å². The summed E-state index contributed by atoms with van der Waals surface area (Å²) in [4.78, 5) is 12.9. The van der Waals surface area contributed by atoms with Crippen molar-refractivity contribution in [2.45, 2.75) is 30.9 Å². The maximum Gasteiger partial charge on any atom is 0.264 e. The number of carbonyl (C=O) groups is 1. The van der Waals surface area contributed by atoms with Gasteiger partial charge in [0, 0.05) is 17.3 Å². The molecule has 1 amide bonds. The third kappa shape index (κ3) is 7.26. The smallest absolute Gasteiger partial charge is 0.264 e. The number of hydrogen-bond acceptors (Lipinski definition) is 4. The summed E-state index contributed by atoms with van der Waals surface area (Å²) >= 11 is 7.88. The standard InChI is InChI=1S/C26H29ClN2O3S2/c1-20-9-12-24(13-10-20)34(31,32)29(25-14-11-23(27)17-21(25)2)18-26(30)28-15-6-16-33-19-22-7-4-3-5-8-22/h3-5,7-14,17H,6,15-16,18-19H2,1-2H3,(H,28,30). The van der Waals surface area contributed by atoms with E-state index in [1.165, 1.54) is 5.56 Å². The van der Waals surface area contributed by atoms with Gasteiger partial charge in [0.15, 0.2) is 0 Å². The van der Waals surface area contributed by atoms with Gasteiger partial charge in [-0.3, -0.25) is 9.10 Å². The molecule has 34 heavy (non-hydrogen) atoms. The zero-order chi connectivity index (χ0) is 24.6. The molecule has 0 radical (unpaired) electrons. The molecule has 0 fully saturated rings. The van der Waals surface area contributed by atoms with Crippen molar-refractivity contribution < 1.29 is 13.2 Å². The molecule has 0 saturated carbocycles. The van der Waals surface area contributed by atoms with E-state index in [2.05, 4.69) is 17.4 Å². The van der Waals surface area contributed by atoms with Crippen LogP contribution < -0.4 is 9.62 Å². The van der Waals surface area contributed by atoms with Gasteiger partial charge in [-0.25, -0.2) is 8.42 Å². The van der Waals surface area contributed by atoms with E-state index >= 15 is 0 Å². The molecule has 3 rings (SSSR count). The van der Waals surface area contributed by atoms with Crippen LogP contribution in [0, 0.1) is 13.8 Å². The number of nitrogens with zero attached hydrogens (tertiary/aromatic N) is 1. The Morgan fingerprint density at radius 3 is 2.38 bits per heavy atom. The molecule has 180 valence electrons. The topological polar surface area (TPSA) is 66.5 Å². The molecule has 0 atom stereocenters. The fourth-order valence-corrected chi connectivity index (χ4v) is 6.02. The Balaban J connectivity index is 1.64. The molecule has 0 unspecified atom stereocenters. The van der Waals surface area contributed by atoms with Crippen LogP contribution in [-0.4, -0.2) is 33.2 Å². The Morgan fingerprint density at radius 2 is 1.71 bits per heavy atom. The van der Waals surface area contributed by atoms with E-state index in [-0.39, 0.29) is 17.3 Å². The molecule has 3 aromatic carbocycles. The monoisotopic (exact) mass is 516 g/mol. The van der Waals surface area contributed by atoms with Gasteiger partial charge in [0.1, 0.15) is 6.54 Å². The number of amides is 1. The summed E-state index contributed by atoms with van der Waals surface area (Å²) in [5.74, 6) is 1.47. The van der Waals surface area contributed by atoms with Crippen molar-refractivity contribution in [1.29, 1.82) is 0 Å². The first-order valence-corrected chi connectivity index (χ1v) is 14.0. The molecule has 0 saturated heterocycles. The minimum absolute atomic E-state index is 0.137. The maximum atomic E-state index is 13.5. The van der Waals surface area contributed by atoms with Crippen LogP contribution in [0.5, 0.6) is 0 Å². The number of rotatable bonds is 11. The Labute approximate surface area is 211 Å². The third-order valence-electron chi connectivity index (χ3n) is 5.22. The second kappa shape index (κ2) is 12.3. The van der Waals surface area contributed by atoms with Crippen LogP contribution in [0.3, 0.4) is 0 Å². The quantitative estimate of drug-likeness (QED) is 0.337. The first-order chi connectivity index (χ1) is 16.3. The number of benzene rings is 3. The van der Waals surface area contributed by atoms with Gasteiger partial charge in [-0.15, -0.1) is 0 Å². The Morgan fingerprint density at radius 1 is 1.00 bits per heavy atom. The predicted molar refractivity (Wildman–Crippen MR) is 142 cm³/mol. The summed E-state index contributed by atoms with van der Waals surface area (Å²) in [5.41, 5.74) is 3.33. The summed E-state index contributed by atoms with van der Waals surface area (Å²) in [6.45, 7) is 3.85. The highest BCUT2D eigenvalue weighted by atomic mass is 35.5. The molecular formula is C26H29ClN2O3S2. The van der Waals surface area contributed by atoms with E-state index < -0.39 is 10.0 Å². The predicted octanol–water partition coefficient (Wildman–Crippen LogP) is 5.59. The molecule has 0 aliphatic rings. The summed E-state index contributed by atoms with van der Waals surface area (Å²) in [6, 6.07) is 21.8. The van der Waals surface area contributed by atoms with Gasteiger partial charge >= 0.3 is 0 Å². The van der Waals surface area contributed by atoms with Crippen molar-refractivity contribution in [2.75, 3.05) is 23.1 Å². The van der Waals surface area contributed by atoms with E-state index in [9.17, 15) is 13.2 Å². The molecule has 0 heterocycles. The van der Waals surface area contributed by atoms with Crippen LogP contribution in [0.4, 0.5) is 5.69 Å². The number of aryl methyl sites for hydroxylation is 2. The molecular weight excluding hydrogens is 488 g/mol. The van der Waals surface area contributed by atoms with Gasteiger partial charge in [0.25, 0.3) is 10.0 Å². The maximum absolute atomic E-state index is 13.5. The summed E-state index contributed by atoms with van der Waals surface area (Å²) in [6.07, 6.45) is 0.800. The van der Waals surface area contributed by atoms with Crippen LogP contribution in [-0.2, 0) is 20.6 Å². The van der Waals surface area contributed by atoms with Crippen LogP contribution in [0.2, 0.25) is 5.02 Å². The first-order valence-electron chi connectivity index (χ1n) is 11.0. The average Bonchev–Trinajstić information content (AvgIpc) is 2.81. The first kappa shape index (κ1) is 26.1. The lowest BCUT2D eigenvalue weighted by Crippen LogP contribution is -2.41. The summed E-state index contributed by atoms with van der Waals surface area (Å²) in [5, 5.41) is 3.37. The highest BCUT2D eigenvalue weighted by molar-refractivity contribution is 7.98. The van der Waals surface area contributed by atoms with E-state index in [4.69, 9.17) is 11.6 Å². The van der Waals surface area contributed by atoms with Crippen molar-refractivity contribution in [1.82, 2.24) is 5.32 Å². The summed E-state index contributed by atoms with van der Waals surface area (Å²) in [7, 11) is -3.95. The van der Waals surface area contributed by atoms with Crippen molar-refractivity contribution in [2.24, 2.45) is 0 Å². The largest absolute Gasteiger partial charge is 0.354 e. The Bertz CT molecular complexity index is 1200. The number of sulfonamides is 1. The molecule has 8 heteroatoms. The fourth-order valence-electron chi connectivity index (χ4n) is 3.39. The molecule has 0 aromatic heterocycles. The normalized spacial score (nSPS) is 11.3. The van der Waals surface area contributed by atoms with E-state index in [1.807, 2.05) is 25.1 Å². The van der Waals surface area contributed by atoms with Gasteiger partial charge in [-0.1, -0.05) is 59.6 Å². The lowest BCUT2D eigenvalue weighted by atomic mass is 10.2. The number of carbonyl (C=O) groups excluding carboxylic acids is 1. The highest BCUT2D eigenvalue weighted by Crippen LogP contribution is 2.29. The van der Waals surface area contributed by atoms with Crippen molar-refractivity contribution in [3.63, 3.8) is 0 Å². The number of nitrogens with one attached hydrogen (secondary N) is 1. The summed E-state index contributed by atoms with van der Waals surface area (Å²) < 4.78 is 28.1. The molecule has 0 bridgehead atoms. The lowest BCUT2D eigenvalue weighted by molar-refractivity contribution is -0.119. The average molecular weight is 517 g/mol. The van der Waals surface area contributed by atoms with Gasteiger partial charge in [-0.05, 0) is 67.5 Å². The SMILES string of the molecule is Cc1ccc(S(=O)(=O)N(CC(=O)NCCCSCc2ccccc2)c2ccc(Cl)cc2C)cc1. The van der Waals surface area contributed by atoms with E-state index in [0.717, 1.165) is 27.8 Å². The number of hydrogen-bond donors (Lipinski definition) is 1. The van der Waals surface area contributed by atoms with E-state index in [0.29, 0.717) is 22.8 Å². The second-order valence-corrected chi connectivity index (χ2v) is 11.4. The van der Waals surface area contributed by atoms with Crippen LogP contribution in [0.25, 0.3) is 0 Å². The van der Waals surface area contributed by atoms with Crippen molar-refractivity contribution in [3.05, 3.63) is 94.5 Å². The number of thioether (sulfide) groups is 1. The van der Waals surface area contributed by atoms with Crippen LogP contribution >= 0.6 is 23.4 Å². The van der Waals surface area contributed by atoms with Crippen LogP contribution in [0.15, 0.2) is 77.7 Å². The zero-order valence-electron chi connectivity index (χ0n) is 19.3. The van der Waals surface area contributed by atoms with E-state index in [1.54, 1.807) is 61.2 Å². The number of halogens is 1. The highest BCUT2D eigenvalue weighted by Gasteiger charge is 2.28. The molecule has 0 spiro atoms. The van der Waals surface area contributed by atoms with Gasteiger partial charge in [0.2, 0.25) is 5.91 Å². The van der Waals surface area contributed by atoms with Crippen molar-refractivity contribution >= 4 is 45.0 Å². The Hall–Kier alpha value is -2.48. The Kier molecular flexibility index (Phi) is 9.45. The minimum atomic E-state index is -3.95. The van der Waals surface area contributed by atoms with Gasteiger partial charge in [-0.2, -0.15) is 11.8 Å². The molecule has 5 nitrogen and oxygen atoms in total. The molecule has 3 aromatic rings.